The number of ether oxygens (including phenoxy) is 3. The van der Waals surface area contributed by atoms with Crippen LogP contribution in [0.2, 0.25) is 0 Å². The number of carbonyl (C=O) groups excluding carboxylic acids is 3. The van der Waals surface area contributed by atoms with Crippen molar-refractivity contribution in [3.8, 4) is 11.5 Å². The number of hydrogen-bond donors (Lipinski definition) is 1. The standard InChI is InChI=1S/C23H26N2O6/c1-15(2)31-19-9-7-18(8-10-19)25-13-16(11-22(25)27)23(28)30-14-21(26)24-17-5-4-6-20(12-17)29-3/h4-10,12,15-16H,11,13-14H2,1-3H3,(H,24,26)/t16-/m0/s1. The van der Waals surface area contributed by atoms with E-state index in [2.05, 4.69) is 5.32 Å². The number of benzene rings is 2. The number of carbonyl (C=O) groups is 3. The van der Waals surface area contributed by atoms with Crippen molar-refractivity contribution in [3.63, 3.8) is 0 Å². The summed E-state index contributed by atoms with van der Waals surface area (Å²) in [5, 5.41) is 2.64. The molecule has 1 aliphatic heterocycles. The van der Waals surface area contributed by atoms with Gasteiger partial charge in [-0.25, -0.2) is 0 Å². The Morgan fingerprint density at radius 3 is 2.55 bits per heavy atom. The molecule has 0 unspecified atom stereocenters. The molecule has 0 bridgehead atoms. The molecule has 0 aromatic heterocycles. The second kappa shape index (κ2) is 9.97. The minimum atomic E-state index is -0.622. The smallest absolute Gasteiger partial charge is 0.311 e. The van der Waals surface area contributed by atoms with E-state index in [4.69, 9.17) is 14.2 Å². The Kier molecular flexibility index (Phi) is 7.12. The molecular weight excluding hydrogens is 400 g/mol. The van der Waals surface area contributed by atoms with Gasteiger partial charge in [0, 0.05) is 30.4 Å². The van der Waals surface area contributed by atoms with Gasteiger partial charge in [0.1, 0.15) is 11.5 Å². The van der Waals surface area contributed by atoms with E-state index in [9.17, 15) is 14.4 Å². The third kappa shape index (κ3) is 5.97. The molecule has 0 saturated carbocycles. The lowest BCUT2D eigenvalue weighted by Crippen LogP contribution is -2.28. The quantitative estimate of drug-likeness (QED) is 0.652. The summed E-state index contributed by atoms with van der Waals surface area (Å²) in [7, 11) is 1.53. The number of amides is 2. The molecule has 164 valence electrons. The Morgan fingerprint density at radius 1 is 1.13 bits per heavy atom. The molecule has 1 N–H and O–H groups in total. The molecule has 1 aliphatic rings. The first-order valence-corrected chi connectivity index (χ1v) is 10.0. The normalized spacial score (nSPS) is 15.7. The van der Waals surface area contributed by atoms with Crippen LogP contribution in [-0.4, -0.2) is 44.1 Å². The highest BCUT2D eigenvalue weighted by atomic mass is 16.5. The SMILES string of the molecule is COc1cccc(NC(=O)COC(=O)[C@H]2CC(=O)N(c3ccc(OC(C)C)cc3)C2)c1. The molecule has 31 heavy (non-hydrogen) atoms. The summed E-state index contributed by atoms with van der Waals surface area (Å²) in [6, 6.07) is 14.0. The topological polar surface area (TPSA) is 94.2 Å². The Hall–Kier alpha value is -3.55. The van der Waals surface area contributed by atoms with Crippen molar-refractivity contribution in [2.45, 2.75) is 26.4 Å². The zero-order valence-corrected chi connectivity index (χ0v) is 17.8. The number of methoxy groups -OCH3 is 1. The van der Waals surface area contributed by atoms with Gasteiger partial charge in [0.15, 0.2) is 6.61 Å². The van der Waals surface area contributed by atoms with Crippen LogP contribution in [0, 0.1) is 5.92 Å². The summed E-state index contributed by atoms with van der Waals surface area (Å²) in [6.07, 6.45) is 0.0974. The fourth-order valence-electron chi connectivity index (χ4n) is 3.24. The average molecular weight is 426 g/mol. The van der Waals surface area contributed by atoms with Gasteiger partial charge < -0.3 is 24.4 Å². The molecule has 8 nitrogen and oxygen atoms in total. The minimum Gasteiger partial charge on any atom is -0.497 e. The van der Waals surface area contributed by atoms with Crippen molar-refractivity contribution in [1.82, 2.24) is 0 Å². The van der Waals surface area contributed by atoms with Crippen LogP contribution < -0.4 is 19.7 Å². The van der Waals surface area contributed by atoms with Crippen molar-refractivity contribution in [2.75, 3.05) is 30.5 Å². The monoisotopic (exact) mass is 426 g/mol. The lowest BCUT2D eigenvalue weighted by molar-refractivity contribution is -0.151. The van der Waals surface area contributed by atoms with Crippen LogP contribution in [0.1, 0.15) is 20.3 Å². The largest absolute Gasteiger partial charge is 0.497 e. The Bertz CT molecular complexity index is 941. The second-order valence-corrected chi connectivity index (χ2v) is 7.45. The van der Waals surface area contributed by atoms with Gasteiger partial charge in [0.25, 0.3) is 5.91 Å². The molecule has 2 aromatic rings. The van der Waals surface area contributed by atoms with Gasteiger partial charge in [-0.3, -0.25) is 14.4 Å². The average Bonchev–Trinajstić information content (AvgIpc) is 3.14. The predicted molar refractivity (Wildman–Crippen MR) is 115 cm³/mol. The molecule has 8 heteroatoms. The zero-order valence-electron chi connectivity index (χ0n) is 17.8. The summed E-state index contributed by atoms with van der Waals surface area (Å²) in [6.45, 7) is 3.65. The highest BCUT2D eigenvalue weighted by Crippen LogP contribution is 2.28. The van der Waals surface area contributed by atoms with E-state index in [1.165, 1.54) is 7.11 Å². The maximum absolute atomic E-state index is 12.4. The lowest BCUT2D eigenvalue weighted by Gasteiger charge is -2.17. The molecule has 2 aromatic carbocycles. The van der Waals surface area contributed by atoms with E-state index < -0.39 is 24.4 Å². The maximum Gasteiger partial charge on any atom is 0.311 e. The van der Waals surface area contributed by atoms with Crippen LogP contribution in [-0.2, 0) is 19.1 Å². The Labute approximate surface area is 181 Å². The van der Waals surface area contributed by atoms with Gasteiger partial charge in [0.2, 0.25) is 5.91 Å². The van der Waals surface area contributed by atoms with Gasteiger partial charge in [-0.15, -0.1) is 0 Å². The zero-order chi connectivity index (χ0) is 22.4. The molecule has 1 fully saturated rings. The van der Waals surface area contributed by atoms with Crippen molar-refractivity contribution in [1.29, 1.82) is 0 Å². The van der Waals surface area contributed by atoms with E-state index in [-0.39, 0.29) is 25.0 Å². The van der Waals surface area contributed by atoms with Crippen molar-refractivity contribution in [2.24, 2.45) is 5.92 Å². The van der Waals surface area contributed by atoms with Gasteiger partial charge in [-0.2, -0.15) is 0 Å². The molecule has 1 saturated heterocycles. The van der Waals surface area contributed by atoms with Crippen LogP contribution in [0.25, 0.3) is 0 Å². The second-order valence-electron chi connectivity index (χ2n) is 7.45. The number of rotatable bonds is 8. The predicted octanol–water partition coefficient (Wildman–Crippen LogP) is 3.02. The number of nitrogens with one attached hydrogen (secondary N) is 1. The summed E-state index contributed by atoms with van der Waals surface area (Å²) in [5.41, 5.74) is 1.22. The van der Waals surface area contributed by atoms with Gasteiger partial charge in [0.05, 0.1) is 19.1 Å². The van der Waals surface area contributed by atoms with E-state index >= 15 is 0 Å². The highest BCUT2D eigenvalue weighted by Gasteiger charge is 2.36. The third-order valence-corrected chi connectivity index (χ3v) is 4.68. The van der Waals surface area contributed by atoms with Crippen molar-refractivity contribution >= 4 is 29.2 Å². The molecular formula is C23H26N2O6. The number of nitrogens with zero attached hydrogens (tertiary/aromatic N) is 1. The van der Waals surface area contributed by atoms with Crippen LogP contribution in [0.4, 0.5) is 11.4 Å². The van der Waals surface area contributed by atoms with Crippen LogP contribution >= 0.6 is 0 Å². The lowest BCUT2D eigenvalue weighted by atomic mass is 10.1. The van der Waals surface area contributed by atoms with E-state index in [1.54, 1.807) is 53.4 Å². The van der Waals surface area contributed by atoms with E-state index in [0.717, 1.165) is 0 Å². The van der Waals surface area contributed by atoms with E-state index in [0.29, 0.717) is 22.9 Å². The number of hydrogen-bond acceptors (Lipinski definition) is 6. The number of anilines is 2. The Balaban J connectivity index is 1.51. The van der Waals surface area contributed by atoms with Gasteiger partial charge in [-0.05, 0) is 50.2 Å². The number of esters is 1. The molecule has 0 radical (unpaired) electrons. The molecule has 1 heterocycles. The molecule has 0 spiro atoms. The molecule has 0 aliphatic carbocycles. The van der Waals surface area contributed by atoms with Crippen molar-refractivity contribution in [3.05, 3.63) is 48.5 Å². The van der Waals surface area contributed by atoms with Gasteiger partial charge >= 0.3 is 5.97 Å². The fourth-order valence-corrected chi connectivity index (χ4v) is 3.24. The first-order chi connectivity index (χ1) is 14.9. The third-order valence-electron chi connectivity index (χ3n) is 4.68. The fraction of sp³-hybridized carbons (Fsp3) is 0.348. The van der Waals surface area contributed by atoms with Crippen LogP contribution in [0.15, 0.2) is 48.5 Å². The maximum atomic E-state index is 12.4. The summed E-state index contributed by atoms with van der Waals surface area (Å²) in [4.78, 5) is 38.4. The first kappa shape index (κ1) is 22.1. The minimum absolute atomic E-state index is 0.0422. The van der Waals surface area contributed by atoms with Crippen LogP contribution in [0.3, 0.4) is 0 Å². The molecule has 3 rings (SSSR count). The summed E-state index contributed by atoms with van der Waals surface area (Å²) >= 11 is 0. The van der Waals surface area contributed by atoms with Gasteiger partial charge in [-0.1, -0.05) is 6.07 Å². The van der Waals surface area contributed by atoms with Crippen LogP contribution in [0.5, 0.6) is 11.5 Å². The Morgan fingerprint density at radius 2 is 1.87 bits per heavy atom. The highest BCUT2D eigenvalue weighted by molar-refractivity contribution is 6.00. The van der Waals surface area contributed by atoms with E-state index in [1.807, 2.05) is 13.8 Å². The summed E-state index contributed by atoms with van der Waals surface area (Å²) in [5.74, 6) is -0.518. The van der Waals surface area contributed by atoms with Crippen molar-refractivity contribution < 1.29 is 28.6 Å². The first-order valence-electron chi connectivity index (χ1n) is 10.0. The molecule has 2 amide bonds. The summed E-state index contributed by atoms with van der Waals surface area (Å²) < 4.78 is 15.8. The molecule has 1 atom stereocenters.